The van der Waals surface area contributed by atoms with Crippen molar-refractivity contribution in [2.24, 2.45) is 0 Å². The van der Waals surface area contributed by atoms with Gasteiger partial charge in [0.1, 0.15) is 12.4 Å². The molecule has 1 aliphatic rings. The van der Waals surface area contributed by atoms with Gasteiger partial charge in [-0.3, -0.25) is 14.5 Å². The van der Waals surface area contributed by atoms with E-state index in [1.807, 2.05) is 36.7 Å². The fourth-order valence-electron chi connectivity index (χ4n) is 4.57. The van der Waals surface area contributed by atoms with Crippen molar-refractivity contribution in [1.29, 1.82) is 0 Å². The van der Waals surface area contributed by atoms with E-state index in [1.54, 1.807) is 16.7 Å². The highest BCUT2D eigenvalue weighted by Crippen LogP contribution is 2.48. The Labute approximate surface area is 218 Å². The Bertz CT molecular complexity index is 1270. The minimum atomic E-state index is -0.272. The lowest BCUT2D eigenvalue weighted by Gasteiger charge is -2.24. The zero-order chi connectivity index (χ0) is 26.0. The standard InChI is InChI=1S/C29H36N4O2S/c1-7-14-30-23(34)17-32-24(35)18-36-26(21-12-8-10-19(2)15-21)25-27(29(4,5)6)31-33(28(25)32)22-13-9-11-20(3)16-22/h8-13,15-16,26H,7,14,17-18H2,1-6H3,(H,30,34). The van der Waals surface area contributed by atoms with Gasteiger partial charge in [-0.15, -0.1) is 11.8 Å². The molecule has 0 saturated carbocycles. The molecule has 3 aromatic rings. The molecule has 190 valence electrons. The number of aryl methyl sites for hydroxylation is 2. The van der Waals surface area contributed by atoms with E-state index in [-0.39, 0.29) is 34.8 Å². The summed E-state index contributed by atoms with van der Waals surface area (Å²) in [6.07, 6.45) is 0.839. The van der Waals surface area contributed by atoms with Crippen LogP contribution in [-0.2, 0) is 15.0 Å². The van der Waals surface area contributed by atoms with Crippen molar-refractivity contribution in [2.45, 2.75) is 58.6 Å². The number of rotatable bonds is 6. The number of nitrogens with one attached hydrogen (secondary N) is 1. The molecule has 0 saturated heterocycles. The average Bonchev–Trinajstić information content (AvgIpc) is 3.16. The third-order valence-electron chi connectivity index (χ3n) is 6.26. The molecule has 6 nitrogen and oxygen atoms in total. The zero-order valence-corrected chi connectivity index (χ0v) is 22.9. The number of carbonyl (C=O) groups is 2. The van der Waals surface area contributed by atoms with E-state index in [4.69, 9.17) is 5.10 Å². The van der Waals surface area contributed by atoms with E-state index in [1.165, 1.54) is 5.56 Å². The van der Waals surface area contributed by atoms with Gasteiger partial charge in [0.25, 0.3) is 0 Å². The molecule has 2 amide bonds. The van der Waals surface area contributed by atoms with E-state index in [2.05, 4.69) is 63.3 Å². The van der Waals surface area contributed by atoms with Gasteiger partial charge in [0.15, 0.2) is 0 Å². The van der Waals surface area contributed by atoms with Crippen molar-refractivity contribution in [2.75, 3.05) is 23.7 Å². The highest BCUT2D eigenvalue weighted by Gasteiger charge is 2.39. The highest BCUT2D eigenvalue weighted by molar-refractivity contribution is 8.00. The molecule has 36 heavy (non-hydrogen) atoms. The molecule has 7 heteroatoms. The first-order valence-corrected chi connectivity index (χ1v) is 13.6. The summed E-state index contributed by atoms with van der Waals surface area (Å²) < 4.78 is 1.88. The SMILES string of the molecule is CCCNC(=O)CN1C(=O)CSC(c2cccc(C)c2)c2c(C(C)(C)C)nn(-c3cccc(C)c3)c21. The minimum Gasteiger partial charge on any atom is -0.355 e. The normalized spacial score (nSPS) is 16.0. The summed E-state index contributed by atoms with van der Waals surface area (Å²) in [6.45, 7) is 13.1. The molecule has 0 spiro atoms. The van der Waals surface area contributed by atoms with E-state index in [9.17, 15) is 9.59 Å². The number of hydrogen-bond acceptors (Lipinski definition) is 4. The van der Waals surface area contributed by atoms with Crippen molar-refractivity contribution >= 4 is 29.4 Å². The molecular weight excluding hydrogens is 468 g/mol. The molecule has 2 heterocycles. The van der Waals surface area contributed by atoms with E-state index < -0.39 is 0 Å². The summed E-state index contributed by atoms with van der Waals surface area (Å²) in [5, 5.41) is 8.00. The molecule has 4 rings (SSSR count). The highest BCUT2D eigenvalue weighted by atomic mass is 32.2. The molecular formula is C29H36N4O2S. The van der Waals surface area contributed by atoms with Crippen molar-refractivity contribution in [3.05, 3.63) is 76.5 Å². The quantitative estimate of drug-likeness (QED) is 0.483. The van der Waals surface area contributed by atoms with Gasteiger partial charge in [-0.2, -0.15) is 5.10 Å². The molecule has 1 aromatic heterocycles. The van der Waals surface area contributed by atoms with Crippen LogP contribution in [0, 0.1) is 13.8 Å². The smallest absolute Gasteiger partial charge is 0.240 e. The van der Waals surface area contributed by atoms with Gasteiger partial charge in [-0.05, 0) is 43.5 Å². The summed E-state index contributed by atoms with van der Waals surface area (Å²) in [4.78, 5) is 28.2. The van der Waals surface area contributed by atoms with Gasteiger partial charge in [0.05, 0.1) is 22.4 Å². The van der Waals surface area contributed by atoms with Gasteiger partial charge in [0, 0.05) is 17.5 Å². The van der Waals surface area contributed by atoms with Crippen LogP contribution in [-0.4, -0.2) is 40.4 Å². The number of benzene rings is 2. The Morgan fingerprint density at radius 1 is 1.11 bits per heavy atom. The van der Waals surface area contributed by atoms with Gasteiger partial charge >= 0.3 is 0 Å². The Morgan fingerprint density at radius 2 is 1.81 bits per heavy atom. The maximum atomic E-state index is 13.6. The number of anilines is 1. The van der Waals surface area contributed by atoms with Crippen molar-refractivity contribution < 1.29 is 9.59 Å². The maximum absolute atomic E-state index is 13.6. The van der Waals surface area contributed by atoms with Crippen LogP contribution in [0.5, 0.6) is 0 Å². The Morgan fingerprint density at radius 3 is 2.44 bits per heavy atom. The van der Waals surface area contributed by atoms with E-state index >= 15 is 0 Å². The lowest BCUT2D eigenvalue weighted by Crippen LogP contribution is -2.42. The van der Waals surface area contributed by atoms with Crippen molar-refractivity contribution in [3.63, 3.8) is 0 Å². The lowest BCUT2D eigenvalue weighted by atomic mass is 9.87. The van der Waals surface area contributed by atoms with Gasteiger partial charge < -0.3 is 5.32 Å². The van der Waals surface area contributed by atoms with E-state index in [0.29, 0.717) is 12.4 Å². The molecule has 0 radical (unpaired) electrons. The number of thioether (sulfide) groups is 1. The predicted molar refractivity (Wildman–Crippen MR) is 148 cm³/mol. The van der Waals surface area contributed by atoms with Gasteiger partial charge in [0.2, 0.25) is 11.8 Å². The summed E-state index contributed by atoms with van der Waals surface area (Å²) in [6, 6.07) is 16.6. The first kappa shape index (κ1) is 26.0. The number of nitrogens with zero attached hydrogens (tertiary/aromatic N) is 3. The topological polar surface area (TPSA) is 67.2 Å². The monoisotopic (exact) mass is 504 g/mol. The second kappa shape index (κ2) is 10.5. The molecule has 0 fully saturated rings. The molecule has 1 aliphatic heterocycles. The Kier molecular flexibility index (Phi) is 7.59. The van der Waals surface area contributed by atoms with Crippen LogP contribution in [0.2, 0.25) is 0 Å². The molecule has 2 aromatic carbocycles. The number of aromatic nitrogens is 2. The predicted octanol–water partition coefficient (Wildman–Crippen LogP) is 5.48. The van der Waals surface area contributed by atoms with Crippen LogP contribution in [0.25, 0.3) is 5.69 Å². The second-order valence-electron chi connectivity index (χ2n) is 10.5. The Hall–Kier alpha value is -3.06. The first-order chi connectivity index (χ1) is 17.1. The molecule has 1 unspecified atom stereocenters. The van der Waals surface area contributed by atoms with Crippen molar-refractivity contribution in [1.82, 2.24) is 15.1 Å². The van der Waals surface area contributed by atoms with Crippen LogP contribution in [0.4, 0.5) is 5.82 Å². The summed E-state index contributed by atoms with van der Waals surface area (Å²) in [5.41, 5.74) is 5.96. The van der Waals surface area contributed by atoms with Crippen LogP contribution in [0.3, 0.4) is 0 Å². The number of fused-ring (bicyclic) bond motifs is 1. The molecule has 0 bridgehead atoms. The number of amides is 2. The maximum Gasteiger partial charge on any atom is 0.240 e. The van der Waals surface area contributed by atoms with Crippen LogP contribution < -0.4 is 10.2 Å². The van der Waals surface area contributed by atoms with Crippen LogP contribution in [0.15, 0.2) is 48.5 Å². The van der Waals surface area contributed by atoms with Crippen LogP contribution >= 0.6 is 11.8 Å². The number of carbonyl (C=O) groups excluding carboxylic acids is 2. The summed E-state index contributed by atoms with van der Waals surface area (Å²) in [5.74, 6) is 0.728. The Balaban J connectivity index is 2.00. The van der Waals surface area contributed by atoms with Gasteiger partial charge in [-0.25, -0.2) is 4.68 Å². The molecule has 0 aliphatic carbocycles. The third-order valence-corrected chi connectivity index (χ3v) is 7.52. The minimum absolute atomic E-state index is 0.0337. The molecule has 1 N–H and O–H groups in total. The van der Waals surface area contributed by atoms with E-state index in [0.717, 1.165) is 34.5 Å². The van der Waals surface area contributed by atoms with Crippen LogP contribution in [0.1, 0.15) is 67.3 Å². The largest absolute Gasteiger partial charge is 0.355 e. The second-order valence-corrected chi connectivity index (χ2v) is 11.6. The zero-order valence-electron chi connectivity index (χ0n) is 22.1. The summed E-state index contributed by atoms with van der Waals surface area (Å²) in [7, 11) is 0. The molecule has 1 atom stereocenters. The van der Waals surface area contributed by atoms with Gasteiger partial charge in [-0.1, -0.05) is 69.7 Å². The van der Waals surface area contributed by atoms with Crippen molar-refractivity contribution in [3.8, 4) is 5.69 Å². The first-order valence-electron chi connectivity index (χ1n) is 12.6. The lowest BCUT2D eigenvalue weighted by molar-refractivity contribution is -0.122. The fourth-order valence-corrected chi connectivity index (χ4v) is 5.76. The number of hydrogen-bond donors (Lipinski definition) is 1. The summed E-state index contributed by atoms with van der Waals surface area (Å²) >= 11 is 1.61. The average molecular weight is 505 g/mol. The third kappa shape index (κ3) is 5.36. The fraction of sp³-hybridized carbons (Fsp3) is 0.414.